The zero-order valence-corrected chi connectivity index (χ0v) is 18.3. The van der Waals surface area contributed by atoms with Crippen LogP contribution in [0.3, 0.4) is 0 Å². The molecule has 0 aliphatic heterocycles. The van der Waals surface area contributed by atoms with Crippen LogP contribution in [0.5, 0.6) is 5.75 Å². The summed E-state index contributed by atoms with van der Waals surface area (Å²) < 4.78 is 7.29. The molecule has 3 aromatic rings. The van der Waals surface area contributed by atoms with Crippen LogP contribution in [0.4, 0.5) is 5.69 Å². The van der Waals surface area contributed by atoms with E-state index < -0.39 is 11.8 Å². The molecule has 7 heteroatoms. The SMILES string of the molecule is COc1ccc(-n2c(C)cc(/C=N\NC(=O)C(=O)Nc3cc(C)ccc3C)c2C)cc1. The summed E-state index contributed by atoms with van der Waals surface area (Å²) in [6.07, 6.45) is 1.53. The number of methoxy groups -OCH3 is 1. The molecule has 31 heavy (non-hydrogen) atoms. The van der Waals surface area contributed by atoms with Gasteiger partial charge in [0, 0.05) is 28.3 Å². The molecule has 0 fully saturated rings. The van der Waals surface area contributed by atoms with Gasteiger partial charge in [0.05, 0.1) is 13.3 Å². The molecule has 7 nitrogen and oxygen atoms in total. The van der Waals surface area contributed by atoms with Gasteiger partial charge in [-0.1, -0.05) is 12.1 Å². The molecule has 0 saturated carbocycles. The predicted octanol–water partition coefficient (Wildman–Crippen LogP) is 3.81. The number of carbonyl (C=O) groups is 2. The highest BCUT2D eigenvalue weighted by Crippen LogP contribution is 2.22. The van der Waals surface area contributed by atoms with Crippen LogP contribution in [0, 0.1) is 27.7 Å². The number of rotatable bonds is 5. The fraction of sp³-hybridized carbons (Fsp3) is 0.208. The van der Waals surface area contributed by atoms with Crippen LogP contribution in [-0.2, 0) is 9.59 Å². The van der Waals surface area contributed by atoms with E-state index in [4.69, 9.17) is 4.74 Å². The number of aryl methyl sites for hydroxylation is 3. The van der Waals surface area contributed by atoms with Gasteiger partial charge in [-0.2, -0.15) is 5.10 Å². The summed E-state index contributed by atoms with van der Waals surface area (Å²) in [5.41, 5.74) is 8.57. The molecule has 0 unspecified atom stereocenters. The highest BCUT2D eigenvalue weighted by atomic mass is 16.5. The fourth-order valence-electron chi connectivity index (χ4n) is 3.31. The number of benzene rings is 2. The van der Waals surface area contributed by atoms with Crippen LogP contribution in [0.15, 0.2) is 53.6 Å². The topological polar surface area (TPSA) is 84.7 Å². The van der Waals surface area contributed by atoms with Gasteiger partial charge in [-0.3, -0.25) is 9.59 Å². The minimum Gasteiger partial charge on any atom is -0.497 e. The number of anilines is 1. The Bertz CT molecular complexity index is 1140. The van der Waals surface area contributed by atoms with Gasteiger partial charge in [0.2, 0.25) is 0 Å². The summed E-state index contributed by atoms with van der Waals surface area (Å²) in [5.74, 6) is -0.814. The van der Waals surface area contributed by atoms with Crippen molar-refractivity contribution >= 4 is 23.7 Å². The second-order valence-corrected chi connectivity index (χ2v) is 7.33. The molecule has 1 aromatic heterocycles. The van der Waals surface area contributed by atoms with E-state index in [1.165, 1.54) is 6.21 Å². The summed E-state index contributed by atoms with van der Waals surface area (Å²) >= 11 is 0. The van der Waals surface area contributed by atoms with Crippen molar-refractivity contribution < 1.29 is 14.3 Å². The molecule has 160 valence electrons. The maximum Gasteiger partial charge on any atom is 0.329 e. The van der Waals surface area contributed by atoms with E-state index in [1.54, 1.807) is 7.11 Å². The van der Waals surface area contributed by atoms with E-state index >= 15 is 0 Å². The number of hydrogen-bond acceptors (Lipinski definition) is 4. The summed E-state index contributed by atoms with van der Waals surface area (Å²) in [6.45, 7) is 7.74. The molecule has 0 spiro atoms. The predicted molar refractivity (Wildman–Crippen MR) is 122 cm³/mol. The molecule has 2 amide bonds. The van der Waals surface area contributed by atoms with Crippen molar-refractivity contribution in [3.05, 3.63) is 76.6 Å². The zero-order chi connectivity index (χ0) is 22.5. The van der Waals surface area contributed by atoms with Crippen LogP contribution in [0.1, 0.15) is 28.1 Å². The lowest BCUT2D eigenvalue weighted by Gasteiger charge is -2.10. The highest BCUT2D eigenvalue weighted by molar-refractivity contribution is 6.39. The average molecular weight is 418 g/mol. The standard InChI is InChI=1S/C24H26N4O3/c1-15-6-7-16(2)22(12-15)26-23(29)24(30)27-25-14-19-13-17(3)28(18(19)4)20-8-10-21(31-5)11-9-20/h6-14H,1-5H3,(H,26,29)(H,27,30)/b25-14-. The first-order chi connectivity index (χ1) is 14.8. The minimum atomic E-state index is -0.832. The smallest absolute Gasteiger partial charge is 0.329 e. The quantitative estimate of drug-likeness (QED) is 0.375. The second kappa shape index (κ2) is 9.30. The van der Waals surface area contributed by atoms with Gasteiger partial charge in [-0.15, -0.1) is 0 Å². The van der Waals surface area contributed by atoms with Crippen molar-refractivity contribution in [1.82, 2.24) is 9.99 Å². The maximum atomic E-state index is 12.2. The van der Waals surface area contributed by atoms with Gasteiger partial charge >= 0.3 is 11.8 Å². The molecular formula is C24H26N4O3. The Morgan fingerprint density at radius 2 is 1.68 bits per heavy atom. The fourth-order valence-corrected chi connectivity index (χ4v) is 3.31. The lowest BCUT2D eigenvalue weighted by atomic mass is 10.1. The van der Waals surface area contributed by atoms with E-state index in [0.717, 1.165) is 39.5 Å². The van der Waals surface area contributed by atoms with Crippen LogP contribution in [-0.4, -0.2) is 29.7 Å². The van der Waals surface area contributed by atoms with E-state index in [-0.39, 0.29) is 0 Å². The first-order valence-electron chi connectivity index (χ1n) is 9.85. The Hall–Kier alpha value is -3.87. The monoisotopic (exact) mass is 418 g/mol. The first kappa shape index (κ1) is 21.8. The molecule has 2 N–H and O–H groups in total. The summed E-state index contributed by atoms with van der Waals surface area (Å²) in [7, 11) is 1.63. The Morgan fingerprint density at radius 3 is 2.35 bits per heavy atom. The van der Waals surface area contributed by atoms with Crippen molar-refractivity contribution in [2.75, 3.05) is 12.4 Å². The van der Waals surface area contributed by atoms with E-state index in [2.05, 4.69) is 20.4 Å². The third kappa shape index (κ3) is 5.01. The Labute approximate surface area is 181 Å². The third-order valence-corrected chi connectivity index (χ3v) is 5.02. The number of hydrazone groups is 1. The summed E-state index contributed by atoms with van der Waals surface area (Å²) in [6, 6.07) is 15.4. The van der Waals surface area contributed by atoms with Crippen molar-refractivity contribution in [3.63, 3.8) is 0 Å². The van der Waals surface area contributed by atoms with Gasteiger partial charge < -0.3 is 14.6 Å². The van der Waals surface area contributed by atoms with Gasteiger partial charge in [0.25, 0.3) is 0 Å². The van der Waals surface area contributed by atoms with Crippen LogP contribution in [0.25, 0.3) is 5.69 Å². The summed E-state index contributed by atoms with van der Waals surface area (Å²) in [5, 5.41) is 6.58. The third-order valence-electron chi connectivity index (χ3n) is 5.02. The average Bonchev–Trinajstić information content (AvgIpc) is 3.03. The maximum absolute atomic E-state index is 12.2. The normalized spacial score (nSPS) is 10.9. The number of hydrogen-bond donors (Lipinski definition) is 2. The van der Waals surface area contributed by atoms with Gasteiger partial charge in [-0.25, -0.2) is 5.43 Å². The van der Waals surface area contributed by atoms with Crippen molar-refractivity contribution in [2.24, 2.45) is 5.10 Å². The van der Waals surface area contributed by atoms with Gasteiger partial charge in [-0.05, 0) is 75.2 Å². The number of nitrogens with zero attached hydrogens (tertiary/aromatic N) is 2. The molecule has 0 saturated heterocycles. The number of nitrogens with one attached hydrogen (secondary N) is 2. The molecule has 0 bridgehead atoms. The van der Waals surface area contributed by atoms with Crippen LogP contribution in [0.2, 0.25) is 0 Å². The van der Waals surface area contributed by atoms with Gasteiger partial charge in [0.1, 0.15) is 5.75 Å². The lowest BCUT2D eigenvalue weighted by Crippen LogP contribution is -2.32. The number of carbonyl (C=O) groups excluding carboxylic acids is 2. The van der Waals surface area contributed by atoms with Crippen molar-refractivity contribution in [2.45, 2.75) is 27.7 Å². The van der Waals surface area contributed by atoms with Crippen molar-refractivity contribution in [1.29, 1.82) is 0 Å². The van der Waals surface area contributed by atoms with Crippen LogP contribution < -0.4 is 15.5 Å². The van der Waals surface area contributed by atoms with Crippen LogP contribution >= 0.6 is 0 Å². The molecule has 0 aliphatic carbocycles. The van der Waals surface area contributed by atoms with E-state index in [0.29, 0.717) is 5.69 Å². The van der Waals surface area contributed by atoms with E-state index in [1.807, 2.05) is 76.2 Å². The van der Waals surface area contributed by atoms with E-state index in [9.17, 15) is 9.59 Å². The molecule has 2 aromatic carbocycles. The van der Waals surface area contributed by atoms with Gasteiger partial charge in [0.15, 0.2) is 0 Å². The molecular weight excluding hydrogens is 392 g/mol. The Morgan fingerprint density at radius 1 is 0.968 bits per heavy atom. The molecule has 3 rings (SSSR count). The highest BCUT2D eigenvalue weighted by Gasteiger charge is 2.14. The zero-order valence-electron chi connectivity index (χ0n) is 18.3. The Kier molecular flexibility index (Phi) is 6.55. The molecule has 1 heterocycles. The Balaban J connectivity index is 1.68. The molecule has 0 atom stereocenters. The first-order valence-corrected chi connectivity index (χ1v) is 9.85. The summed E-state index contributed by atoms with van der Waals surface area (Å²) in [4.78, 5) is 24.3. The lowest BCUT2D eigenvalue weighted by molar-refractivity contribution is -0.136. The van der Waals surface area contributed by atoms with Crippen molar-refractivity contribution in [3.8, 4) is 11.4 Å². The number of ether oxygens (including phenoxy) is 1. The molecule has 0 radical (unpaired) electrons. The minimum absolute atomic E-state index is 0.604. The largest absolute Gasteiger partial charge is 0.497 e. The number of aromatic nitrogens is 1. The molecule has 0 aliphatic rings. The second-order valence-electron chi connectivity index (χ2n) is 7.33. The number of amides is 2.